The summed E-state index contributed by atoms with van der Waals surface area (Å²) < 4.78 is 2.07. The average Bonchev–Trinajstić information content (AvgIpc) is 2.88. The number of benzene rings is 2. The van der Waals surface area contributed by atoms with Crippen LogP contribution in [0.3, 0.4) is 0 Å². The molecule has 3 rings (SSSR count). The van der Waals surface area contributed by atoms with Crippen LogP contribution in [-0.4, -0.2) is 15.7 Å². The van der Waals surface area contributed by atoms with E-state index in [-0.39, 0.29) is 5.69 Å². The molecule has 0 aliphatic rings. The fourth-order valence-electron chi connectivity index (χ4n) is 2.69. The largest absolute Gasteiger partial charge is 0.331 e. The van der Waals surface area contributed by atoms with Crippen LogP contribution in [0.4, 0.5) is 11.4 Å². The summed E-state index contributed by atoms with van der Waals surface area (Å²) in [5, 5.41) is 16.6. The third kappa shape index (κ3) is 3.49. The number of nitrogens with one attached hydrogen (secondary N) is 1. The van der Waals surface area contributed by atoms with Crippen molar-refractivity contribution in [3.63, 3.8) is 0 Å². The van der Waals surface area contributed by atoms with Crippen LogP contribution < -0.4 is 5.43 Å². The van der Waals surface area contributed by atoms with Crippen molar-refractivity contribution in [2.24, 2.45) is 5.10 Å². The molecule has 1 aromatic heterocycles. The van der Waals surface area contributed by atoms with Gasteiger partial charge in [0.25, 0.3) is 5.69 Å². The fraction of sp³-hybridized carbons (Fsp3) is 0.167. The lowest BCUT2D eigenvalue weighted by Crippen LogP contribution is -1.96. The van der Waals surface area contributed by atoms with E-state index in [2.05, 4.69) is 22.0 Å². The van der Waals surface area contributed by atoms with Gasteiger partial charge in [0.05, 0.1) is 16.8 Å². The molecule has 0 aliphatic heterocycles. The quantitative estimate of drug-likeness (QED) is 0.381. The molecule has 0 amide bonds. The monoisotopic (exact) mass is 356 g/mol. The number of nitro benzene ring substituents is 1. The lowest BCUT2D eigenvalue weighted by molar-refractivity contribution is -0.384. The van der Waals surface area contributed by atoms with E-state index >= 15 is 0 Å². The lowest BCUT2D eigenvalue weighted by Gasteiger charge is -2.04. The minimum absolute atomic E-state index is 0.0419. The van der Waals surface area contributed by atoms with Gasteiger partial charge in [-0.1, -0.05) is 36.7 Å². The smallest absolute Gasteiger partial charge is 0.269 e. The van der Waals surface area contributed by atoms with Gasteiger partial charge in [0.15, 0.2) is 0 Å². The van der Waals surface area contributed by atoms with Crippen molar-refractivity contribution in [2.75, 3.05) is 5.43 Å². The SMILES string of the molecule is CCCn1c(Cl)c(C=NNc2ccc([N+](=O)[O-])cc2)c2ccccc21. The van der Waals surface area contributed by atoms with Gasteiger partial charge in [0, 0.05) is 35.1 Å². The van der Waals surface area contributed by atoms with Crippen molar-refractivity contribution in [3.8, 4) is 0 Å². The highest BCUT2D eigenvalue weighted by atomic mass is 35.5. The number of nitro groups is 1. The Morgan fingerprint density at radius 2 is 1.96 bits per heavy atom. The summed E-state index contributed by atoms with van der Waals surface area (Å²) in [6.45, 7) is 2.94. The van der Waals surface area contributed by atoms with E-state index in [4.69, 9.17) is 11.6 Å². The highest BCUT2D eigenvalue weighted by Crippen LogP contribution is 2.29. The van der Waals surface area contributed by atoms with Gasteiger partial charge in [-0.05, 0) is 24.6 Å². The summed E-state index contributed by atoms with van der Waals surface area (Å²) in [6, 6.07) is 14.1. The predicted molar refractivity (Wildman–Crippen MR) is 102 cm³/mol. The van der Waals surface area contributed by atoms with Gasteiger partial charge in [0.1, 0.15) is 5.15 Å². The van der Waals surface area contributed by atoms with Crippen molar-refractivity contribution in [1.29, 1.82) is 0 Å². The maximum Gasteiger partial charge on any atom is 0.269 e. The normalized spacial score (nSPS) is 11.3. The van der Waals surface area contributed by atoms with E-state index in [1.165, 1.54) is 12.1 Å². The molecule has 0 atom stereocenters. The van der Waals surface area contributed by atoms with Gasteiger partial charge in [-0.2, -0.15) is 5.10 Å². The molecule has 7 heteroatoms. The Balaban J connectivity index is 1.86. The summed E-state index contributed by atoms with van der Waals surface area (Å²) in [5.41, 5.74) is 5.50. The van der Waals surface area contributed by atoms with Crippen LogP contribution >= 0.6 is 11.6 Å². The standard InChI is InChI=1S/C18H17ClN4O2/c1-2-11-22-17-6-4-3-5-15(17)16(18(22)19)12-20-21-13-7-9-14(10-8-13)23(24)25/h3-10,12,21H,2,11H2,1H3. The molecule has 0 fully saturated rings. The van der Waals surface area contributed by atoms with E-state index < -0.39 is 4.92 Å². The summed E-state index contributed by atoms with van der Waals surface area (Å²) in [5.74, 6) is 0. The number of hydrogen-bond donors (Lipinski definition) is 1. The maximum absolute atomic E-state index is 10.7. The molecular weight excluding hydrogens is 340 g/mol. The van der Waals surface area contributed by atoms with E-state index in [0.29, 0.717) is 10.8 Å². The minimum atomic E-state index is -0.435. The topological polar surface area (TPSA) is 72.5 Å². The van der Waals surface area contributed by atoms with E-state index in [1.54, 1.807) is 18.3 Å². The van der Waals surface area contributed by atoms with Crippen molar-refractivity contribution < 1.29 is 4.92 Å². The van der Waals surface area contributed by atoms with Gasteiger partial charge in [-0.3, -0.25) is 15.5 Å². The number of non-ortho nitro benzene ring substituents is 1. The number of fused-ring (bicyclic) bond motifs is 1. The lowest BCUT2D eigenvalue weighted by atomic mass is 10.2. The van der Waals surface area contributed by atoms with Crippen LogP contribution in [0, 0.1) is 10.1 Å². The summed E-state index contributed by atoms with van der Waals surface area (Å²) >= 11 is 6.54. The van der Waals surface area contributed by atoms with Crippen LogP contribution in [0.15, 0.2) is 53.6 Å². The molecule has 0 radical (unpaired) electrons. The Kier molecular flexibility index (Phi) is 5.00. The highest BCUT2D eigenvalue weighted by molar-refractivity contribution is 6.34. The second-order valence-corrected chi connectivity index (χ2v) is 5.91. The number of aryl methyl sites for hydroxylation is 1. The minimum Gasteiger partial charge on any atom is -0.331 e. The summed E-state index contributed by atoms with van der Waals surface area (Å²) in [7, 11) is 0. The fourth-order valence-corrected chi connectivity index (χ4v) is 3.02. The Labute approximate surface area is 149 Å². The first-order valence-electron chi connectivity index (χ1n) is 7.92. The zero-order valence-corrected chi connectivity index (χ0v) is 14.4. The Morgan fingerprint density at radius 1 is 1.24 bits per heavy atom. The number of halogens is 1. The molecular formula is C18H17ClN4O2. The Bertz CT molecular complexity index is 932. The number of rotatable bonds is 6. The van der Waals surface area contributed by atoms with Crippen molar-refractivity contribution in [3.05, 3.63) is 69.4 Å². The van der Waals surface area contributed by atoms with Crippen molar-refractivity contribution in [1.82, 2.24) is 4.57 Å². The zero-order chi connectivity index (χ0) is 17.8. The van der Waals surface area contributed by atoms with Crippen LogP contribution in [0.1, 0.15) is 18.9 Å². The third-order valence-corrected chi connectivity index (χ3v) is 4.26. The number of para-hydroxylation sites is 1. The first-order valence-corrected chi connectivity index (χ1v) is 8.30. The molecule has 0 aliphatic carbocycles. The zero-order valence-electron chi connectivity index (χ0n) is 13.6. The number of nitrogens with zero attached hydrogens (tertiary/aromatic N) is 3. The van der Waals surface area contributed by atoms with Gasteiger partial charge >= 0.3 is 0 Å². The molecule has 0 saturated carbocycles. The van der Waals surface area contributed by atoms with Crippen LogP contribution in [0.25, 0.3) is 10.9 Å². The molecule has 3 aromatic rings. The first kappa shape index (κ1) is 17.0. The molecule has 128 valence electrons. The van der Waals surface area contributed by atoms with Crippen LogP contribution in [0.5, 0.6) is 0 Å². The Morgan fingerprint density at radius 3 is 2.64 bits per heavy atom. The molecule has 0 saturated heterocycles. The number of hydrogen-bond acceptors (Lipinski definition) is 4. The predicted octanol–water partition coefficient (Wildman–Crippen LogP) is 5.06. The van der Waals surface area contributed by atoms with Crippen LogP contribution in [0.2, 0.25) is 5.15 Å². The van der Waals surface area contributed by atoms with Gasteiger partial charge in [-0.15, -0.1) is 0 Å². The third-order valence-electron chi connectivity index (χ3n) is 3.86. The van der Waals surface area contributed by atoms with Crippen molar-refractivity contribution >= 4 is 40.1 Å². The van der Waals surface area contributed by atoms with E-state index in [1.807, 2.05) is 24.3 Å². The second kappa shape index (κ2) is 7.36. The average molecular weight is 357 g/mol. The van der Waals surface area contributed by atoms with Crippen molar-refractivity contribution in [2.45, 2.75) is 19.9 Å². The molecule has 1 heterocycles. The Hall–Kier alpha value is -2.86. The highest BCUT2D eigenvalue weighted by Gasteiger charge is 2.13. The molecule has 0 spiro atoms. The molecule has 25 heavy (non-hydrogen) atoms. The molecule has 2 aromatic carbocycles. The molecule has 0 unspecified atom stereocenters. The number of anilines is 1. The summed E-state index contributed by atoms with van der Waals surface area (Å²) in [6.07, 6.45) is 2.66. The maximum atomic E-state index is 10.7. The summed E-state index contributed by atoms with van der Waals surface area (Å²) in [4.78, 5) is 10.2. The van der Waals surface area contributed by atoms with E-state index in [0.717, 1.165) is 29.4 Å². The van der Waals surface area contributed by atoms with Crippen LogP contribution in [-0.2, 0) is 6.54 Å². The van der Waals surface area contributed by atoms with Gasteiger partial charge in [-0.25, -0.2) is 0 Å². The van der Waals surface area contributed by atoms with Gasteiger partial charge < -0.3 is 4.57 Å². The van der Waals surface area contributed by atoms with Gasteiger partial charge in [0.2, 0.25) is 0 Å². The molecule has 6 nitrogen and oxygen atoms in total. The van der Waals surface area contributed by atoms with E-state index in [9.17, 15) is 10.1 Å². The second-order valence-electron chi connectivity index (χ2n) is 5.55. The number of aromatic nitrogens is 1. The first-order chi connectivity index (χ1) is 12.1. The number of hydrazone groups is 1. The molecule has 1 N–H and O–H groups in total. The molecule has 0 bridgehead atoms.